The standard InChI is InChI=1S/C20H23ClN6O2/c1-11(2)26-20(29)14-9-24-19-18(14)27-16(10-25-19)17(22)13-5-4-12(21)8-15(13)23-6-3-7-28/h4-5,8-11,22-23,28H,3,6-7H2,1-2H3,(H,24,25)(H,26,29). The smallest absolute Gasteiger partial charge is 0.255 e. The van der Waals surface area contributed by atoms with Crippen molar-refractivity contribution in [1.29, 1.82) is 5.41 Å². The summed E-state index contributed by atoms with van der Waals surface area (Å²) in [7, 11) is 0. The number of halogens is 1. The molecule has 29 heavy (non-hydrogen) atoms. The lowest BCUT2D eigenvalue weighted by Gasteiger charge is -2.13. The zero-order valence-electron chi connectivity index (χ0n) is 16.2. The number of anilines is 1. The lowest BCUT2D eigenvalue weighted by molar-refractivity contribution is 0.0944. The molecule has 1 aromatic carbocycles. The van der Waals surface area contributed by atoms with Crippen LogP contribution in [0.15, 0.2) is 30.6 Å². The summed E-state index contributed by atoms with van der Waals surface area (Å²) in [4.78, 5) is 24.2. The van der Waals surface area contributed by atoms with Gasteiger partial charge in [0.25, 0.3) is 5.91 Å². The molecule has 3 rings (SSSR count). The molecule has 3 aromatic rings. The van der Waals surface area contributed by atoms with E-state index in [4.69, 9.17) is 22.1 Å². The molecular formula is C20H23ClN6O2. The third-order valence-electron chi connectivity index (χ3n) is 4.20. The van der Waals surface area contributed by atoms with Crippen molar-refractivity contribution in [3.8, 4) is 0 Å². The lowest BCUT2D eigenvalue weighted by Crippen LogP contribution is -2.30. The van der Waals surface area contributed by atoms with Crippen molar-refractivity contribution in [2.75, 3.05) is 18.5 Å². The van der Waals surface area contributed by atoms with Gasteiger partial charge in [0, 0.05) is 41.7 Å². The summed E-state index contributed by atoms with van der Waals surface area (Å²) in [6.07, 6.45) is 3.64. The topological polar surface area (TPSA) is 127 Å². The molecule has 0 saturated carbocycles. The summed E-state index contributed by atoms with van der Waals surface area (Å²) in [5.41, 5.74) is 3.03. The van der Waals surface area contributed by atoms with Crippen LogP contribution in [0, 0.1) is 5.41 Å². The highest BCUT2D eigenvalue weighted by molar-refractivity contribution is 6.31. The number of rotatable bonds is 8. The first-order valence-electron chi connectivity index (χ1n) is 9.29. The van der Waals surface area contributed by atoms with Crippen LogP contribution in [0.3, 0.4) is 0 Å². The van der Waals surface area contributed by atoms with Gasteiger partial charge >= 0.3 is 0 Å². The maximum absolute atomic E-state index is 12.4. The van der Waals surface area contributed by atoms with E-state index in [1.165, 1.54) is 6.20 Å². The fourth-order valence-corrected chi connectivity index (χ4v) is 3.02. The average molecular weight is 415 g/mol. The van der Waals surface area contributed by atoms with Gasteiger partial charge in [-0.1, -0.05) is 11.6 Å². The fraction of sp³-hybridized carbons (Fsp3) is 0.300. The molecule has 0 unspecified atom stereocenters. The quantitative estimate of drug-likeness (QED) is 0.286. The molecule has 2 aromatic heterocycles. The van der Waals surface area contributed by atoms with Crippen molar-refractivity contribution in [1.82, 2.24) is 20.3 Å². The van der Waals surface area contributed by atoms with Gasteiger partial charge in [-0.15, -0.1) is 0 Å². The second kappa shape index (κ2) is 9.02. The van der Waals surface area contributed by atoms with Crippen molar-refractivity contribution in [3.05, 3.63) is 52.4 Å². The normalized spacial score (nSPS) is 11.1. The molecule has 0 aliphatic heterocycles. The third kappa shape index (κ3) is 4.72. The first-order chi connectivity index (χ1) is 13.9. The molecule has 0 bridgehead atoms. The van der Waals surface area contributed by atoms with Gasteiger partial charge in [-0.05, 0) is 38.5 Å². The highest BCUT2D eigenvalue weighted by Gasteiger charge is 2.18. The van der Waals surface area contributed by atoms with Crippen LogP contribution >= 0.6 is 11.6 Å². The van der Waals surface area contributed by atoms with Gasteiger partial charge in [0.15, 0.2) is 5.65 Å². The van der Waals surface area contributed by atoms with Gasteiger partial charge in [0.2, 0.25) is 0 Å². The van der Waals surface area contributed by atoms with E-state index in [0.717, 1.165) is 0 Å². The van der Waals surface area contributed by atoms with E-state index in [2.05, 4.69) is 25.6 Å². The minimum Gasteiger partial charge on any atom is -0.396 e. The van der Waals surface area contributed by atoms with E-state index in [1.807, 2.05) is 13.8 Å². The van der Waals surface area contributed by atoms with E-state index >= 15 is 0 Å². The van der Waals surface area contributed by atoms with E-state index in [9.17, 15) is 4.79 Å². The Hall–Kier alpha value is -2.97. The Morgan fingerprint density at radius 2 is 2.14 bits per heavy atom. The first kappa shape index (κ1) is 20.8. The molecule has 0 aliphatic carbocycles. The number of aliphatic hydroxyl groups excluding tert-OH is 1. The van der Waals surface area contributed by atoms with Crippen LogP contribution in [-0.4, -0.2) is 50.9 Å². The van der Waals surface area contributed by atoms with Gasteiger partial charge < -0.3 is 20.7 Å². The Labute approximate surface area is 173 Å². The van der Waals surface area contributed by atoms with Gasteiger partial charge in [0.05, 0.1) is 17.5 Å². The Balaban J connectivity index is 1.96. The maximum atomic E-state index is 12.4. The number of amides is 1. The number of hydrogen-bond donors (Lipinski definition) is 5. The number of hydrogen-bond acceptors (Lipinski definition) is 6. The monoisotopic (exact) mass is 414 g/mol. The van der Waals surface area contributed by atoms with Crippen LogP contribution in [0.4, 0.5) is 5.69 Å². The van der Waals surface area contributed by atoms with Gasteiger partial charge in [-0.25, -0.2) is 9.97 Å². The molecule has 8 nitrogen and oxygen atoms in total. The minimum atomic E-state index is -0.248. The van der Waals surface area contributed by atoms with Crippen LogP contribution in [0.25, 0.3) is 11.2 Å². The number of nitrogens with one attached hydrogen (secondary N) is 4. The number of benzene rings is 1. The molecule has 5 N–H and O–H groups in total. The number of aromatic amines is 1. The van der Waals surface area contributed by atoms with Crippen LogP contribution in [-0.2, 0) is 0 Å². The van der Waals surface area contributed by atoms with Crippen molar-refractivity contribution in [3.63, 3.8) is 0 Å². The largest absolute Gasteiger partial charge is 0.396 e. The van der Waals surface area contributed by atoms with E-state index in [-0.39, 0.29) is 24.3 Å². The van der Waals surface area contributed by atoms with Crippen LogP contribution in [0.1, 0.15) is 41.9 Å². The predicted octanol–water partition coefficient (Wildman–Crippen LogP) is 2.96. The summed E-state index contributed by atoms with van der Waals surface area (Å²) >= 11 is 6.10. The third-order valence-corrected chi connectivity index (χ3v) is 4.44. The summed E-state index contributed by atoms with van der Waals surface area (Å²) < 4.78 is 0. The fourth-order valence-electron chi connectivity index (χ4n) is 2.85. The summed E-state index contributed by atoms with van der Waals surface area (Å²) in [6.45, 7) is 4.37. The molecule has 0 radical (unpaired) electrons. The number of fused-ring (bicyclic) bond motifs is 1. The van der Waals surface area contributed by atoms with E-state index < -0.39 is 0 Å². The second-order valence-corrected chi connectivity index (χ2v) is 7.29. The molecule has 152 valence electrons. The number of aromatic nitrogens is 3. The summed E-state index contributed by atoms with van der Waals surface area (Å²) in [6, 6.07) is 5.16. The minimum absolute atomic E-state index is 0.0106. The number of carbonyl (C=O) groups is 1. The molecule has 1 amide bonds. The molecule has 0 atom stereocenters. The predicted molar refractivity (Wildman–Crippen MR) is 114 cm³/mol. The Morgan fingerprint density at radius 3 is 2.86 bits per heavy atom. The van der Waals surface area contributed by atoms with Gasteiger partial charge in [-0.3, -0.25) is 10.2 Å². The van der Waals surface area contributed by atoms with Crippen LogP contribution in [0.2, 0.25) is 5.02 Å². The molecule has 9 heteroatoms. The molecule has 0 saturated heterocycles. The van der Waals surface area contributed by atoms with Crippen molar-refractivity contribution < 1.29 is 9.90 Å². The van der Waals surface area contributed by atoms with E-state index in [1.54, 1.807) is 24.4 Å². The molecular weight excluding hydrogens is 392 g/mol. The van der Waals surface area contributed by atoms with Gasteiger partial charge in [0.1, 0.15) is 11.2 Å². The number of H-pyrrole nitrogens is 1. The summed E-state index contributed by atoms with van der Waals surface area (Å²) in [5, 5.41) is 24.2. The molecule has 2 heterocycles. The van der Waals surface area contributed by atoms with Gasteiger partial charge in [-0.2, -0.15) is 0 Å². The SMILES string of the molecule is CC(C)NC(=O)c1c[nH]c2ncc(C(=N)c3ccc(Cl)cc3NCCCO)nc12. The van der Waals surface area contributed by atoms with Crippen molar-refractivity contribution in [2.45, 2.75) is 26.3 Å². The van der Waals surface area contributed by atoms with Crippen LogP contribution < -0.4 is 10.6 Å². The molecule has 0 fully saturated rings. The highest BCUT2D eigenvalue weighted by Crippen LogP contribution is 2.24. The average Bonchev–Trinajstić information content (AvgIpc) is 3.10. The van der Waals surface area contributed by atoms with E-state index in [0.29, 0.717) is 51.7 Å². The highest BCUT2D eigenvalue weighted by atomic mass is 35.5. The molecule has 0 spiro atoms. The second-order valence-electron chi connectivity index (χ2n) is 6.85. The Bertz CT molecular complexity index is 1050. The maximum Gasteiger partial charge on any atom is 0.255 e. The first-order valence-corrected chi connectivity index (χ1v) is 9.67. The number of nitrogens with zero attached hydrogens (tertiary/aromatic N) is 2. The zero-order valence-corrected chi connectivity index (χ0v) is 17.0. The van der Waals surface area contributed by atoms with Crippen molar-refractivity contribution in [2.24, 2.45) is 0 Å². The molecule has 0 aliphatic rings. The van der Waals surface area contributed by atoms with Crippen LogP contribution in [0.5, 0.6) is 0 Å². The lowest BCUT2D eigenvalue weighted by atomic mass is 10.0. The Kier molecular flexibility index (Phi) is 6.46. The number of carbonyl (C=O) groups excluding carboxylic acids is 1. The zero-order chi connectivity index (χ0) is 21.0. The van der Waals surface area contributed by atoms with Crippen molar-refractivity contribution >= 4 is 40.1 Å². The summed E-state index contributed by atoms with van der Waals surface area (Å²) in [5.74, 6) is -0.248. The Morgan fingerprint density at radius 1 is 1.34 bits per heavy atom. The number of aliphatic hydroxyl groups is 1.